The van der Waals surface area contributed by atoms with Crippen molar-refractivity contribution in [2.45, 2.75) is 72.6 Å². The molecule has 0 amide bonds. The minimum absolute atomic E-state index is 0.516. The third-order valence-corrected chi connectivity index (χ3v) is 12.1. The molecule has 38 heavy (non-hydrogen) atoms. The van der Waals surface area contributed by atoms with Gasteiger partial charge in [-0.2, -0.15) is 4.57 Å². The van der Waals surface area contributed by atoms with Crippen LogP contribution >= 0.6 is 46.6 Å². The Kier molecular flexibility index (Phi) is 8.04. The van der Waals surface area contributed by atoms with Crippen LogP contribution in [0, 0.1) is 5.92 Å². The molecule has 3 aromatic rings. The van der Waals surface area contributed by atoms with Crippen molar-refractivity contribution in [2.75, 3.05) is 24.0 Å². The summed E-state index contributed by atoms with van der Waals surface area (Å²) in [6.45, 7) is 6.65. The van der Waals surface area contributed by atoms with Crippen LogP contribution < -0.4 is 9.47 Å². The van der Waals surface area contributed by atoms with Crippen molar-refractivity contribution in [2.24, 2.45) is 5.92 Å². The first kappa shape index (κ1) is 26.6. The number of nitrogens with zero attached hydrogens (tertiary/aromatic N) is 2. The predicted octanol–water partition coefficient (Wildman–Crippen LogP) is 9.44. The van der Waals surface area contributed by atoms with Crippen molar-refractivity contribution in [3.8, 4) is 0 Å². The van der Waals surface area contributed by atoms with Gasteiger partial charge in [0.2, 0.25) is 5.52 Å². The molecular weight excluding hydrogens is 541 g/mol. The summed E-state index contributed by atoms with van der Waals surface area (Å²) in [6, 6.07) is 13.9. The zero-order valence-electron chi connectivity index (χ0n) is 22.8. The maximum absolute atomic E-state index is 2.63. The van der Waals surface area contributed by atoms with Crippen molar-refractivity contribution in [1.82, 2.24) is 0 Å². The maximum Gasteiger partial charge on any atom is 0.263 e. The Morgan fingerprint density at radius 1 is 1.00 bits per heavy atom. The number of benzene rings is 2. The Balaban J connectivity index is 1.25. The highest BCUT2D eigenvalue weighted by atomic mass is 32.2. The topological polar surface area (TPSA) is 7.12 Å². The molecule has 2 heterocycles. The highest BCUT2D eigenvalue weighted by molar-refractivity contribution is 8.00. The summed E-state index contributed by atoms with van der Waals surface area (Å²) >= 11 is 7.66. The second-order valence-corrected chi connectivity index (χ2v) is 14.4. The summed E-state index contributed by atoms with van der Waals surface area (Å²) < 4.78 is 3.88. The normalized spacial score (nSPS) is 22.0. The van der Waals surface area contributed by atoms with Crippen LogP contribution in [0.5, 0.6) is 0 Å². The summed E-state index contributed by atoms with van der Waals surface area (Å²) in [5.41, 5.74) is 7.51. The zero-order valence-corrected chi connectivity index (χ0v) is 26.1. The molecule has 2 aliphatic carbocycles. The summed E-state index contributed by atoms with van der Waals surface area (Å²) in [6.07, 6.45) is 18.1. The average Bonchev–Trinajstić information content (AvgIpc) is 3.47. The van der Waals surface area contributed by atoms with E-state index in [0.717, 1.165) is 25.4 Å². The van der Waals surface area contributed by atoms with Crippen molar-refractivity contribution in [1.29, 1.82) is 0 Å². The fourth-order valence-corrected chi connectivity index (χ4v) is 9.66. The van der Waals surface area contributed by atoms with Gasteiger partial charge in [-0.1, -0.05) is 40.8 Å². The van der Waals surface area contributed by atoms with E-state index in [2.05, 4.69) is 102 Å². The fourth-order valence-electron chi connectivity index (χ4n) is 6.19. The summed E-state index contributed by atoms with van der Waals surface area (Å²) in [4.78, 5) is 6.78. The number of rotatable bonds is 7. The lowest BCUT2D eigenvalue weighted by molar-refractivity contribution is -0.665. The van der Waals surface area contributed by atoms with Gasteiger partial charge in [0.1, 0.15) is 11.2 Å². The van der Waals surface area contributed by atoms with Gasteiger partial charge in [0.05, 0.1) is 11.1 Å². The number of hydrogen-bond donors (Lipinski definition) is 0. The van der Waals surface area contributed by atoms with Crippen LogP contribution in [0.2, 0.25) is 0 Å². The van der Waals surface area contributed by atoms with E-state index in [9.17, 15) is 0 Å². The minimum atomic E-state index is 0.516. The lowest BCUT2D eigenvalue weighted by Gasteiger charge is -2.31. The van der Waals surface area contributed by atoms with Crippen LogP contribution in [0.25, 0.3) is 16.3 Å². The van der Waals surface area contributed by atoms with Crippen LogP contribution in [0.1, 0.15) is 51.0 Å². The molecule has 0 N–H and O–H groups in total. The number of allylic oxidation sites excluding steroid dienone is 4. The number of aryl methyl sites for hydroxylation is 1. The van der Waals surface area contributed by atoms with Crippen LogP contribution in [0.4, 0.5) is 5.69 Å². The molecule has 3 aliphatic rings. The van der Waals surface area contributed by atoms with Crippen molar-refractivity contribution >= 4 is 68.6 Å². The largest absolute Gasteiger partial charge is 0.358 e. The number of anilines is 1. The van der Waals surface area contributed by atoms with Crippen molar-refractivity contribution in [3.05, 3.63) is 70.3 Å². The van der Waals surface area contributed by atoms with Crippen molar-refractivity contribution in [3.63, 3.8) is 0 Å². The van der Waals surface area contributed by atoms with Crippen LogP contribution in [-0.2, 0) is 6.54 Å². The standard InChI is InChI=1S/C32H37N2S4/c1-5-33-27-19-25(35-3)11-13-29(27)37-31(33)17-21-7-9-23-10-8-22(16-24(23)15-21)18-32-34(6-2)28-20-26(36-4)12-14-30(28)38-32/h11-17,19-20,23,32H,5-10,18H2,1-4H3/q+1/b21-17+. The smallest absolute Gasteiger partial charge is 0.263 e. The predicted molar refractivity (Wildman–Crippen MR) is 171 cm³/mol. The molecule has 0 radical (unpaired) electrons. The van der Waals surface area contributed by atoms with Gasteiger partial charge in [0, 0.05) is 33.4 Å². The third-order valence-electron chi connectivity index (χ3n) is 8.22. The van der Waals surface area contributed by atoms with E-state index >= 15 is 0 Å². The zero-order chi connectivity index (χ0) is 26.2. The van der Waals surface area contributed by atoms with Gasteiger partial charge < -0.3 is 4.90 Å². The van der Waals surface area contributed by atoms with E-state index in [4.69, 9.17) is 0 Å². The van der Waals surface area contributed by atoms with E-state index in [1.165, 1.54) is 66.9 Å². The third kappa shape index (κ3) is 5.14. The van der Waals surface area contributed by atoms with E-state index in [-0.39, 0.29) is 0 Å². The molecule has 1 aromatic heterocycles. The molecular formula is C32H37N2S4+. The van der Waals surface area contributed by atoms with E-state index in [1.807, 2.05) is 34.9 Å². The lowest BCUT2D eigenvalue weighted by atomic mass is 9.77. The van der Waals surface area contributed by atoms with Gasteiger partial charge in [-0.25, -0.2) is 0 Å². The maximum atomic E-state index is 2.63. The van der Waals surface area contributed by atoms with Crippen LogP contribution in [0.3, 0.4) is 0 Å². The lowest BCUT2D eigenvalue weighted by Crippen LogP contribution is -2.33. The Hall–Kier alpha value is -1.60. The van der Waals surface area contributed by atoms with Gasteiger partial charge in [0.15, 0.2) is 0 Å². The first-order valence-corrected chi connectivity index (χ1v) is 18.0. The Bertz CT molecular complexity index is 1450. The molecule has 0 bridgehead atoms. The summed E-state index contributed by atoms with van der Waals surface area (Å²) in [5.74, 6) is 0.737. The second kappa shape index (κ2) is 11.5. The summed E-state index contributed by atoms with van der Waals surface area (Å²) in [5, 5.41) is 1.90. The molecule has 6 rings (SSSR count). The fraction of sp³-hybridized carbons (Fsp3) is 0.406. The van der Waals surface area contributed by atoms with Crippen LogP contribution in [0.15, 0.2) is 80.0 Å². The average molecular weight is 578 g/mol. The monoisotopic (exact) mass is 577 g/mol. The molecule has 2 unspecified atom stereocenters. The van der Waals surface area contributed by atoms with Gasteiger partial charge in [-0.05, 0) is 106 Å². The highest BCUT2D eigenvalue weighted by Crippen LogP contribution is 2.48. The van der Waals surface area contributed by atoms with Gasteiger partial charge in [-0.3, -0.25) is 0 Å². The minimum Gasteiger partial charge on any atom is -0.358 e. The molecule has 2 nitrogen and oxygen atoms in total. The first-order chi connectivity index (χ1) is 18.6. The molecule has 6 heteroatoms. The Morgan fingerprint density at radius 2 is 1.79 bits per heavy atom. The van der Waals surface area contributed by atoms with Crippen LogP contribution in [-0.4, -0.2) is 24.4 Å². The summed E-state index contributed by atoms with van der Waals surface area (Å²) in [7, 11) is 0. The number of fused-ring (bicyclic) bond motifs is 3. The van der Waals surface area contributed by atoms with E-state index in [1.54, 1.807) is 11.1 Å². The second-order valence-electron chi connectivity index (χ2n) is 10.4. The molecule has 0 spiro atoms. The van der Waals surface area contributed by atoms with Crippen molar-refractivity contribution < 1.29 is 4.57 Å². The molecule has 0 saturated carbocycles. The number of thiazole rings is 1. The van der Waals surface area contributed by atoms with Gasteiger partial charge in [-0.15, -0.1) is 23.5 Å². The number of aromatic nitrogens is 1. The Morgan fingerprint density at radius 3 is 2.58 bits per heavy atom. The molecule has 2 atom stereocenters. The number of hydrogen-bond acceptors (Lipinski definition) is 5. The molecule has 1 aliphatic heterocycles. The molecule has 0 fully saturated rings. The van der Waals surface area contributed by atoms with Gasteiger partial charge in [0.25, 0.3) is 5.01 Å². The number of thioether (sulfide) groups is 3. The Labute approximate surface area is 244 Å². The quantitative estimate of drug-likeness (QED) is 0.204. The highest BCUT2D eigenvalue weighted by Gasteiger charge is 2.32. The first-order valence-electron chi connectivity index (χ1n) is 13.8. The van der Waals surface area contributed by atoms with E-state index in [0.29, 0.717) is 5.37 Å². The molecule has 198 valence electrons. The van der Waals surface area contributed by atoms with E-state index < -0.39 is 0 Å². The van der Waals surface area contributed by atoms with Gasteiger partial charge >= 0.3 is 0 Å². The molecule has 2 aromatic carbocycles. The molecule has 0 saturated heterocycles. The SMILES string of the molecule is CCN1c2cc(SC)ccc2SC1CC1=CC2=C/C(=C/c3sc4ccc(SC)cc4[n+]3CC)CCC2CC1.